The molecule has 4 rings (SSSR count). The fraction of sp³-hybridized carbons (Fsp3) is 0.231. The summed E-state index contributed by atoms with van der Waals surface area (Å²) in [5.41, 5.74) is 0.0762. The van der Waals surface area contributed by atoms with Crippen LogP contribution in [0.2, 0.25) is 5.02 Å². The van der Waals surface area contributed by atoms with Crippen molar-refractivity contribution in [1.82, 2.24) is 0 Å². The van der Waals surface area contributed by atoms with E-state index in [-0.39, 0.29) is 28.6 Å². The molecular formula is C26H22ClF4NO4S. The summed E-state index contributed by atoms with van der Waals surface area (Å²) in [6, 6.07) is 12.3. The Hall–Kier alpha value is -3.08. The molecule has 2 atom stereocenters. The van der Waals surface area contributed by atoms with Crippen LogP contribution >= 0.6 is 11.6 Å². The fourth-order valence-corrected chi connectivity index (χ4v) is 5.85. The first-order valence-electron chi connectivity index (χ1n) is 11.1. The molecule has 5 nitrogen and oxygen atoms in total. The first-order valence-corrected chi connectivity index (χ1v) is 12.9. The van der Waals surface area contributed by atoms with Gasteiger partial charge in [-0.2, -0.15) is 13.2 Å². The highest BCUT2D eigenvalue weighted by atomic mass is 35.5. The van der Waals surface area contributed by atoms with Gasteiger partial charge in [0.25, 0.3) is 10.0 Å². The van der Waals surface area contributed by atoms with Crippen LogP contribution in [0.25, 0.3) is 11.6 Å². The molecule has 1 aliphatic rings. The molecule has 37 heavy (non-hydrogen) atoms. The van der Waals surface area contributed by atoms with Crippen molar-refractivity contribution < 1.29 is 35.8 Å². The molecule has 0 amide bonds. The minimum absolute atomic E-state index is 0.0653. The second-order valence-corrected chi connectivity index (χ2v) is 10.9. The number of fused-ring (bicyclic) bond motifs is 1. The second-order valence-electron chi connectivity index (χ2n) is 8.61. The minimum Gasteiger partial charge on any atom is -0.484 e. The van der Waals surface area contributed by atoms with Crippen LogP contribution in [0.5, 0.6) is 5.75 Å². The van der Waals surface area contributed by atoms with E-state index in [1.807, 2.05) is 0 Å². The molecule has 1 unspecified atom stereocenters. The van der Waals surface area contributed by atoms with Gasteiger partial charge in [0.05, 0.1) is 33.8 Å². The Bertz CT molecular complexity index is 1450. The van der Waals surface area contributed by atoms with Crippen molar-refractivity contribution in [1.29, 1.82) is 0 Å². The maximum Gasteiger partial charge on any atom is 0.416 e. The zero-order valence-electron chi connectivity index (χ0n) is 19.6. The highest BCUT2D eigenvalue weighted by Gasteiger charge is 2.38. The number of aliphatic hydroxyl groups is 1. The van der Waals surface area contributed by atoms with E-state index >= 15 is 0 Å². The number of sulfonamides is 1. The van der Waals surface area contributed by atoms with Crippen molar-refractivity contribution in [3.63, 3.8) is 0 Å². The van der Waals surface area contributed by atoms with Crippen molar-refractivity contribution >= 4 is 39.0 Å². The van der Waals surface area contributed by atoms with E-state index in [0.29, 0.717) is 17.2 Å². The normalized spacial score (nSPS) is 17.2. The summed E-state index contributed by atoms with van der Waals surface area (Å²) in [4.78, 5) is -0.560. The highest BCUT2D eigenvalue weighted by Crippen LogP contribution is 2.40. The second kappa shape index (κ2) is 10.00. The van der Waals surface area contributed by atoms with E-state index < -0.39 is 44.7 Å². The van der Waals surface area contributed by atoms with E-state index in [1.54, 1.807) is 19.1 Å². The van der Waals surface area contributed by atoms with Gasteiger partial charge in [-0.05, 0) is 67.4 Å². The number of ether oxygens (including phenoxy) is 1. The van der Waals surface area contributed by atoms with Gasteiger partial charge < -0.3 is 9.84 Å². The summed E-state index contributed by atoms with van der Waals surface area (Å²) < 4.78 is 88.1. The van der Waals surface area contributed by atoms with Gasteiger partial charge in [0.2, 0.25) is 0 Å². The van der Waals surface area contributed by atoms with Gasteiger partial charge in [0.1, 0.15) is 17.7 Å². The van der Waals surface area contributed by atoms with Gasteiger partial charge in [-0.15, -0.1) is 0 Å². The van der Waals surface area contributed by atoms with Crippen molar-refractivity contribution in [2.24, 2.45) is 0 Å². The number of benzene rings is 3. The SMILES string of the molecule is CC(=Cc1ccc2c(c1)N(S(=O)(=O)c1cccc(C(F)(F)F)c1)CC([C@H](C)O)O2)c1c(F)cccc1Cl. The highest BCUT2D eigenvalue weighted by molar-refractivity contribution is 7.92. The standard InChI is InChI=1S/C26H22ClF4NO4S/c1-15(25-20(27)7-4-8-21(25)28)11-17-9-10-23-22(12-17)32(14-24(36-23)16(2)33)37(34,35)19-6-3-5-18(13-19)26(29,30)31/h3-13,16,24,33H,14H2,1-2H3/t16-,24?/m0/s1. The van der Waals surface area contributed by atoms with Crippen LogP contribution in [-0.4, -0.2) is 32.3 Å². The molecule has 1 N–H and O–H groups in total. The monoisotopic (exact) mass is 555 g/mol. The number of hydrogen-bond acceptors (Lipinski definition) is 4. The summed E-state index contributed by atoms with van der Waals surface area (Å²) in [5, 5.41) is 10.3. The molecule has 11 heteroatoms. The maximum absolute atomic E-state index is 14.4. The average Bonchev–Trinajstić information content (AvgIpc) is 2.82. The molecule has 0 fully saturated rings. The van der Waals surface area contributed by atoms with Gasteiger partial charge in [0, 0.05) is 5.56 Å². The number of allylic oxidation sites excluding steroid dienone is 1. The molecule has 0 radical (unpaired) electrons. The van der Waals surface area contributed by atoms with Crippen LogP contribution in [0.1, 0.15) is 30.5 Å². The van der Waals surface area contributed by atoms with Crippen LogP contribution < -0.4 is 9.04 Å². The maximum atomic E-state index is 14.4. The van der Waals surface area contributed by atoms with Crippen molar-refractivity contribution in [3.8, 4) is 5.75 Å². The third-order valence-corrected chi connectivity index (χ3v) is 7.99. The molecule has 3 aromatic carbocycles. The number of hydrogen-bond donors (Lipinski definition) is 1. The van der Waals surface area contributed by atoms with Crippen molar-refractivity contribution in [2.75, 3.05) is 10.8 Å². The minimum atomic E-state index is -4.74. The van der Waals surface area contributed by atoms with Gasteiger partial charge in [-0.25, -0.2) is 12.8 Å². The molecule has 0 saturated carbocycles. The van der Waals surface area contributed by atoms with E-state index in [2.05, 4.69) is 0 Å². The number of rotatable bonds is 5. The molecule has 1 heterocycles. The third-order valence-electron chi connectivity index (χ3n) is 5.90. The summed E-state index contributed by atoms with van der Waals surface area (Å²) >= 11 is 6.16. The Balaban J connectivity index is 1.82. The van der Waals surface area contributed by atoms with E-state index in [9.17, 15) is 31.1 Å². The molecule has 0 spiro atoms. The topological polar surface area (TPSA) is 66.8 Å². The van der Waals surface area contributed by atoms with Crippen LogP contribution in [0, 0.1) is 5.82 Å². The number of halogens is 5. The smallest absolute Gasteiger partial charge is 0.416 e. The van der Waals surface area contributed by atoms with Crippen LogP contribution in [0.15, 0.2) is 65.6 Å². The number of anilines is 1. The van der Waals surface area contributed by atoms with Crippen LogP contribution in [0.4, 0.5) is 23.2 Å². The molecule has 0 aromatic heterocycles. The van der Waals surface area contributed by atoms with Crippen molar-refractivity contribution in [3.05, 3.63) is 88.2 Å². The molecule has 0 bridgehead atoms. The summed E-state index contributed by atoms with van der Waals surface area (Å²) in [6.45, 7) is 2.72. The fourth-order valence-electron chi connectivity index (χ4n) is 4.02. The largest absolute Gasteiger partial charge is 0.484 e. The van der Waals surface area contributed by atoms with Crippen molar-refractivity contribution in [2.45, 2.75) is 37.1 Å². The lowest BCUT2D eigenvalue weighted by Gasteiger charge is -2.36. The van der Waals surface area contributed by atoms with Gasteiger partial charge in [-0.3, -0.25) is 4.31 Å². The van der Waals surface area contributed by atoms with Gasteiger partial charge >= 0.3 is 6.18 Å². The summed E-state index contributed by atoms with van der Waals surface area (Å²) in [6.07, 6.45) is -5.17. The van der Waals surface area contributed by atoms with E-state index in [1.165, 1.54) is 37.3 Å². The molecule has 0 aliphatic carbocycles. The quantitative estimate of drug-likeness (QED) is 0.292. The Kier molecular flexibility index (Phi) is 7.29. The Morgan fingerprint density at radius 3 is 2.51 bits per heavy atom. The Morgan fingerprint density at radius 2 is 1.86 bits per heavy atom. The lowest BCUT2D eigenvalue weighted by atomic mass is 10.0. The van der Waals surface area contributed by atoms with E-state index in [4.69, 9.17) is 16.3 Å². The van der Waals surface area contributed by atoms with Crippen LogP contribution in [0.3, 0.4) is 0 Å². The average molecular weight is 556 g/mol. The van der Waals surface area contributed by atoms with Crippen LogP contribution in [-0.2, 0) is 16.2 Å². The molecule has 3 aromatic rings. The zero-order valence-corrected chi connectivity index (χ0v) is 21.2. The summed E-state index contributed by atoms with van der Waals surface area (Å²) in [5.74, 6) is -0.414. The molecule has 1 aliphatic heterocycles. The lowest BCUT2D eigenvalue weighted by Crippen LogP contribution is -2.47. The zero-order chi connectivity index (χ0) is 27.1. The number of alkyl halides is 3. The predicted octanol–water partition coefficient (Wildman–Crippen LogP) is 6.40. The predicted molar refractivity (Wildman–Crippen MR) is 133 cm³/mol. The lowest BCUT2D eigenvalue weighted by molar-refractivity contribution is -0.137. The molecular weight excluding hydrogens is 534 g/mol. The number of aliphatic hydroxyl groups excluding tert-OH is 1. The first-order chi connectivity index (χ1) is 17.3. The number of nitrogens with zero attached hydrogens (tertiary/aromatic N) is 1. The van der Waals surface area contributed by atoms with Gasteiger partial charge in [0.15, 0.2) is 0 Å². The van der Waals surface area contributed by atoms with Gasteiger partial charge in [-0.1, -0.05) is 35.9 Å². The summed E-state index contributed by atoms with van der Waals surface area (Å²) in [7, 11) is -4.50. The first kappa shape index (κ1) is 27.0. The molecule has 196 valence electrons. The molecule has 0 saturated heterocycles. The Morgan fingerprint density at radius 1 is 1.16 bits per heavy atom. The Labute approximate surface area is 216 Å². The third kappa shape index (κ3) is 5.46. The van der Waals surface area contributed by atoms with E-state index in [0.717, 1.165) is 22.5 Å².